The van der Waals surface area contributed by atoms with Crippen LogP contribution < -0.4 is 11.1 Å². The molecular weight excluding hydrogens is 248 g/mol. The summed E-state index contributed by atoms with van der Waals surface area (Å²) in [5, 5.41) is 3.23. The summed E-state index contributed by atoms with van der Waals surface area (Å²) < 4.78 is 0. The van der Waals surface area contributed by atoms with E-state index in [2.05, 4.69) is 19.2 Å². The van der Waals surface area contributed by atoms with Gasteiger partial charge in [0.05, 0.1) is 0 Å². The quantitative estimate of drug-likeness (QED) is 0.678. The predicted molar refractivity (Wildman–Crippen MR) is 85.5 cm³/mol. The lowest BCUT2D eigenvalue weighted by atomic mass is 9.84. The summed E-state index contributed by atoms with van der Waals surface area (Å²) in [5.74, 6) is 1.77. The summed E-state index contributed by atoms with van der Waals surface area (Å²) in [7, 11) is 0. The zero-order chi connectivity index (χ0) is 14.8. The Morgan fingerprint density at radius 3 is 2.40 bits per heavy atom. The molecule has 0 aromatic heterocycles. The van der Waals surface area contributed by atoms with Crippen LogP contribution in [0.15, 0.2) is 0 Å². The van der Waals surface area contributed by atoms with Gasteiger partial charge in [-0.25, -0.2) is 0 Å². The number of rotatable bonds is 9. The number of hydrogen-bond donors (Lipinski definition) is 2. The zero-order valence-electron chi connectivity index (χ0n) is 13.5. The van der Waals surface area contributed by atoms with Gasteiger partial charge in [0.2, 0.25) is 5.91 Å². The van der Waals surface area contributed by atoms with Gasteiger partial charge >= 0.3 is 0 Å². The number of amides is 1. The summed E-state index contributed by atoms with van der Waals surface area (Å²) in [4.78, 5) is 12.0. The van der Waals surface area contributed by atoms with E-state index < -0.39 is 0 Å². The van der Waals surface area contributed by atoms with Crippen LogP contribution in [-0.4, -0.2) is 18.5 Å². The molecule has 118 valence electrons. The van der Waals surface area contributed by atoms with Crippen molar-refractivity contribution in [3.63, 3.8) is 0 Å². The topological polar surface area (TPSA) is 55.1 Å². The van der Waals surface area contributed by atoms with E-state index in [0.717, 1.165) is 25.3 Å². The molecule has 0 aromatic carbocycles. The molecule has 1 rings (SSSR count). The third kappa shape index (κ3) is 6.74. The lowest BCUT2D eigenvalue weighted by Gasteiger charge is -2.28. The monoisotopic (exact) mass is 282 g/mol. The first-order valence-corrected chi connectivity index (χ1v) is 8.68. The minimum Gasteiger partial charge on any atom is -0.353 e. The maximum atomic E-state index is 12.0. The maximum Gasteiger partial charge on any atom is 0.220 e. The molecule has 1 saturated carbocycles. The van der Waals surface area contributed by atoms with E-state index in [-0.39, 0.29) is 5.91 Å². The lowest BCUT2D eigenvalue weighted by molar-refractivity contribution is -0.122. The predicted octanol–water partition coefficient (Wildman–Crippen LogP) is 3.62. The molecule has 1 unspecified atom stereocenters. The van der Waals surface area contributed by atoms with Gasteiger partial charge in [0.15, 0.2) is 0 Å². The number of hydrogen-bond acceptors (Lipinski definition) is 2. The van der Waals surface area contributed by atoms with Crippen molar-refractivity contribution in [2.75, 3.05) is 6.54 Å². The highest BCUT2D eigenvalue weighted by Crippen LogP contribution is 2.26. The molecule has 1 aliphatic rings. The second-order valence-electron chi connectivity index (χ2n) is 6.46. The highest BCUT2D eigenvalue weighted by atomic mass is 16.1. The van der Waals surface area contributed by atoms with Crippen LogP contribution in [0.2, 0.25) is 0 Å². The van der Waals surface area contributed by atoms with Crippen molar-refractivity contribution in [1.82, 2.24) is 5.32 Å². The minimum atomic E-state index is 0.253. The second-order valence-corrected chi connectivity index (χ2v) is 6.46. The average molecular weight is 282 g/mol. The summed E-state index contributed by atoms with van der Waals surface area (Å²) in [6.45, 7) is 5.22. The van der Waals surface area contributed by atoms with Crippen molar-refractivity contribution in [3.05, 3.63) is 0 Å². The van der Waals surface area contributed by atoms with Crippen LogP contribution in [0.1, 0.15) is 78.1 Å². The maximum absolute atomic E-state index is 12.0. The van der Waals surface area contributed by atoms with Crippen LogP contribution in [0.25, 0.3) is 0 Å². The van der Waals surface area contributed by atoms with Crippen LogP contribution in [0, 0.1) is 11.8 Å². The fourth-order valence-corrected chi connectivity index (χ4v) is 3.43. The van der Waals surface area contributed by atoms with Crippen LogP contribution in [0.5, 0.6) is 0 Å². The molecule has 3 nitrogen and oxygen atoms in total. The van der Waals surface area contributed by atoms with Gasteiger partial charge < -0.3 is 11.1 Å². The van der Waals surface area contributed by atoms with E-state index >= 15 is 0 Å². The second kappa shape index (κ2) is 10.2. The Hall–Kier alpha value is -0.570. The third-order valence-corrected chi connectivity index (χ3v) is 4.84. The molecule has 0 saturated heterocycles. The summed E-state index contributed by atoms with van der Waals surface area (Å²) in [6.07, 6.45) is 11.3. The molecule has 3 heteroatoms. The van der Waals surface area contributed by atoms with E-state index in [1.54, 1.807) is 0 Å². The number of carbonyl (C=O) groups is 1. The highest BCUT2D eigenvalue weighted by molar-refractivity contribution is 5.76. The number of nitrogens with two attached hydrogens (primary N) is 1. The van der Waals surface area contributed by atoms with Gasteiger partial charge in [-0.2, -0.15) is 0 Å². The molecule has 1 atom stereocenters. The van der Waals surface area contributed by atoms with Crippen molar-refractivity contribution in [1.29, 1.82) is 0 Å². The van der Waals surface area contributed by atoms with E-state index in [0.29, 0.717) is 18.4 Å². The zero-order valence-corrected chi connectivity index (χ0v) is 13.5. The Bertz CT molecular complexity index is 254. The molecule has 3 N–H and O–H groups in total. The molecular formula is C17H34N2O. The molecule has 0 aliphatic heterocycles. The minimum absolute atomic E-state index is 0.253. The van der Waals surface area contributed by atoms with Crippen molar-refractivity contribution in [3.8, 4) is 0 Å². The SMILES string of the molecule is CCCC(CCN)CCC(=O)NC1CCC(CC)CC1. The molecule has 0 bridgehead atoms. The van der Waals surface area contributed by atoms with Gasteiger partial charge in [-0.15, -0.1) is 0 Å². The molecule has 0 heterocycles. The Morgan fingerprint density at radius 2 is 1.85 bits per heavy atom. The lowest BCUT2D eigenvalue weighted by Crippen LogP contribution is -2.37. The van der Waals surface area contributed by atoms with Gasteiger partial charge in [-0.1, -0.05) is 33.1 Å². The standard InChI is InChI=1S/C17H34N2O/c1-3-5-15(12-13-18)8-11-17(20)19-16-9-6-14(4-2)7-10-16/h14-16H,3-13,18H2,1-2H3,(H,19,20). The normalized spacial score (nSPS) is 24.4. The average Bonchev–Trinajstić information content (AvgIpc) is 2.46. The smallest absolute Gasteiger partial charge is 0.220 e. The molecule has 1 fully saturated rings. The first kappa shape index (κ1) is 17.5. The molecule has 0 radical (unpaired) electrons. The Morgan fingerprint density at radius 1 is 1.15 bits per heavy atom. The number of nitrogens with one attached hydrogen (secondary N) is 1. The van der Waals surface area contributed by atoms with E-state index in [9.17, 15) is 4.79 Å². The van der Waals surface area contributed by atoms with Gasteiger partial charge in [0.25, 0.3) is 0 Å². The Balaban J connectivity index is 2.19. The molecule has 1 amide bonds. The van der Waals surface area contributed by atoms with Gasteiger partial charge in [0, 0.05) is 12.5 Å². The first-order chi connectivity index (χ1) is 9.69. The van der Waals surface area contributed by atoms with E-state index in [4.69, 9.17) is 5.73 Å². The molecule has 0 spiro atoms. The summed E-state index contributed by atoms with van der Waals surface area (Å²) in [5.41, 5.74) is 5.64. The fourth-order valence-electron chi connectivity index (χ4n) is 3.43. The van der Waals surface area contributed by atoms with Crippen molar-refractivity contribution >= 4 is 5.91 Å². The molecule has 1 aliphatic carbocycles. The Kier molecular flexibility index (Phi) is 8.92. The van der Waals surface area contributed by atoms with Crippen molar-refractivity contribution in [2.45, 2.75) is 84.1 Å². The van der Waals surface area contributed by atoms with Gasteiger partial charge in [0.1, 0.15) is 0 Å². The van der Waals surface area contributed by atoms with Crippen LogP contribution in [0.4, 0.5) is 0 Å². The van der Waals surface area contributed by atoms with Crippen LogP contribution >= 0.6 is 0 Å². The van der Waals surface area contributed by atoms with Gasteiger partial charge in [-0.3, -0.25) is 4.79 Å². The summed E-state index contributed by atoms with van der Waals surface area (Å²) >= 11 is 0. The van der Waals surface area contributed by atoms with Crippen molar-refractivity contribution < 1.29 is 4.79 Å². The molecule has 0 aromatic rings. The first-order valence-electron chi connectivity index (χ1n) is 8.68. The Labute approximate surface area is 125 Å². The summed E-state index contributed by atoms with van der Waals surface area (Å²) in [6, 6.07) is 0.435. The number of carbonyl (C=O) groups excluding carboxylic acids is 1. The third-order valence-electron chi connectivity index (χ3n) is 4.84. The van der Waals surface area contributed by atoms with Crippen molar-refractivity contribution in [2.24, 2.45) is 17.6 Å². The highest BCUT2D eigenvalue weighted by Gasteiger charge is 2.21. The van der Waals surface area contributed by atoms with Gasteiger partial charge in [-0.05, 0) is 56.9 Å². The fraction of sp³-hybridized carbons (Fsp3) is 0.941. The van der Waals surface area contributed by atoms with Crippen LogP contribution in [0.3, 0.4) is 0 Å². The largest absolute Gasteiger partial charge is 0.353 e. The molecule has 20 heavy (non-hydrogen) atoms. The van der Waals surface area contributed by atoms with E-state index in [1.807, 2.05) is 0 Å². The van der Waals surface area contributed by atoms with Crippen LogP contribution in [-0.2, 0) is 4.79 Å². The van der Waals surface area contributed by atoms with E-state index in [1.165, 1.54) is 44.9 Å².